The number of alkyl halides is 3. The molecule has 6 nitrogen and oxygen atoms in total. The minimum atomic E-state index is -5.36. The maximum Gasteiger partial charge on any atom is 0.424 e. The summed E-state index contributed by atoms with van der Waals surface area (Å²) < 4.78 is 42.9. The molecule has 1 unspecified atom stereocenters. The standard InChI is InChI=1S/C23H23Cl2F3N2O4/c1-20(2,14-9-11(24)5-8-15(14)25)10-22(33,23(26,27)28)18(31)13-7-6-12-16(17(13)29)21(3,4)30-34-19(12)32/h5-9,30,33H,10,29H2,1-4H3. The topological polar surface area (TPSA) is 102 Å². The van der Waals surface area contributed by atoms with E-state index in [2.05, 4.69) is 5.48 Å². The van der Waals surface area contributed by atoms with Crippen molar-refractivity contribution in [1.29, 1.82) is 0 Å². The average Bonchev–Trinajstić information content (AvgIpc) is 2.70. The van der Waals surface area contributed by atoms with Gasteiger partial charge >= 0.3 is 12.1 Å². The molecule has 34 heavy (non-hydrogen) atoms. The Bertz CT molecular complexity index is 1180. The van der Waals surface area contributed by atoms with E-state index in [1.54, 1.807) is 13.8 Å². The number of carbonyl (C=O) groups is 2. The van der Waals surface area contributed by atoms with Gasteiger partial charge in [-0.05, 0) is 55.2 Å². The molecule has 0 bridgehead atoms. The van der Waals surface area contributed by atoms with E-state index in [0.717, 1.165) is 12.1 Å². The highest BCUT2D eigenvalue weighted by molar-refractivity contribution is 6.33. The molecule has 2 aromatic rings. The van der Waals surface area contributed by atoms with Crippen LogP contribution >= 0.6 is 23.2 Å². The van der Waals surface area contributed by atoms with Crippen molar-refractivity contribution in [3.8, 4) is 0 Å². The Morgan fingerprint density at radius 1 is 1.18 bits per heavy atom. The van der Waals surface area contributed by atoms with Crippen LogP contribution < -0.4 is 11.2 Å². The molecule has 184 valence electrons. The number of nitrogens with two attached hydrogens (primary N) is 1. The molecule has 0 saturated heterocycles. The Kier molecular flexibility index (Phi) is 6.50. The summed E-state index contributed by atoms with van der Waals surface area (Å²) >= 11 is 12.2. The Morgan fingerprint density at radius 3 is 2.38 bits per heavy atom. The minimum Gasteiger partial charge on any atom is -0.398 e. The van der Waals surface area contributed by atoms with E-state index < -0.39 is 46.5 Å². The summed E-state index contributed by atoms with van der Waals surface area (Å²) in [5, 5.41) is 11.3. The van der Waals surface area contributed by atoms with Gasteiger partial charge in [-0.1, -0.05) is 37.0 Å². The maximum absolute atomic E-state index is 14.3. The second-order valence-electron chi connectivity index (χ2n) is 9.44. The molecular formula is C23H23Cl2F3N2O4. The van der Waals surface area contributed by atoms with Gasteiger partial charge in [0.15, 0.2) is 0 Å². The first-order valence-corrected chi connectivity index (χ1v) is 10.9. The number of Topliss-reactive ketones (excluding diaryl/α,β-unsaturated/α-hetero) is 1. The molecule has 2 aromatic carbocycles. The molecule has 0 amide bonds. The van der Waals surface area contributed by atoms with Gasteiger partial charge in [0.25, 0.3) is 0 Å². The fourth-order valence-corrected chi connectivity index (χ4v) is 4.77. The molecule has 0 spiro atoms. The number of nitrogen functional groups attached to an aromatic ring is 1. The quantitative estimate of drug-likeness (QED) is 0.365. The van der Waals surface area contributed by atoms with Crippen LogP contribution in [-0.4, -0.2) is 28.6 Å². The van der Waals surface area contributed by atoms with Crippen molar-refractivity contribution in [3.63, 3.8) is 0 Å². The maximum atomic E-state index is 14.3. The number of nitrogens with one attached hydrogen (secondary N) is 1. The average molecular weight is 519 g/mol. The highest BCUT2D eigenvalue weighted by Gasteiger charge is 2.61. The molecule has 3 rings (SSSR count). The van der Waals surface area contributed by atoms with Gasteiger partial charge in [0.1, 0.15) is 0 Å². The molecule has 0 aromatic heterocycles. The van der Waals surface area contributed by atoms with Crippen LogP contribution in [0.25, 0.3) is 0 Å². The molecule has 0 saturated carbocycles. The van der Waals surface area contributed by atoms with Crippen LogP contribution in [0.1, 0.15) is 66.0 Å². The highest BCUT2D eigenvalue weighted by Crippen LogP contribution is 2.46. The normalized spacial score (nSPS) is 17.5. The van der Waals surface area contributed by atoms with Crippen molar-refractivity contribution in [1.82, 2.24) is 5.48 Å². The first kappa shape index (κ1) is 26.3. The van der Waals surface area contributed by atoms with Gasteiger partial charge < -0.3 is 15.7 Å². The van der Waals surface area contributed by atoms with Crippen molar-refractivity contribution in [2.24, 2.45) is 0 Å². The zero-order valence-electron chi connectivity index (χ0n) is 18.7. The first-order chi connectivity index (χ1) is 15.4. The molecule has 1 heterocycles. The number of hydrogen-bond donors (Lipinski definition) is 3. The number of rotatable bonds is 5. The van der Waals surface area contributed by atoms with Crippen LogP contribution in [0.3, 0.4) is 0 Å². The number of aliphatic hydroxyl groups is 1. The van der Waals surface area contributed by atoms with Crippen LogP contribution in [-0.2, 0) is 15.8 Å². The monoisotopic (exact) mass is 518 g/mol. The fraction of sp³-hybridized carbons (Fsp3) is 0.391. The van der Waals surface area contributed by atoms with Crippen LogP contribution in [0.15, 0.2) is 30.3 Å². The van der Waals surface area contributed by atoms with Crippen molar-refractivity contribution in [2.45, 2.75) is 56.8 Å². The Labute approximate surface area is 204 Å². The van der Waals surface area contributed by atoms with Crippen LogP contribution in [0.4, 0.5) is 18.9 Å². The summed E-state index contributed by atoms with van der Waals surface area (Å²) in [6.07, 6.45) is -6.43. The van der Waals surface area contributed by atoms with E-state index in [1.807, 2.05) is 0 Å². The summed E-state index contributed by atoms with van der Waals surface area (Å²) in [6, 6.07) is 6.41. The van der Waals surface area contributed by atoms with Crippen LogP contribution in [0, 0.1) is 0 Å². The summed E-state index contributed by atoms with van der Waals surface area (Å²) in [5.74, 6) is -2.45. The number of hydrogen-bond acceptors (Lipinski definition) is 6. The number of fused-ring (bicyclic) bond motifs is 1. The van der Waals surface area contributed by atoms with E-state index in [4.69, 9.17) is 33.8 Å². The summed E-state index contributed by atoms with van der Waals surface area (Å²) in [4.78, 5) is 30.3. The third kappa shape index (κ3) is 4.37. The molecule has 0 fully saturated rings. The Hall–Kier alpha value is -2.33. The summed E-state index contributed by atoms with van der Waals surface area (Å²) in [5.41, 5.74) is 1.60. The molecule has 1 aliphatic rings. The summed E-state index contributed by atoms with van der Waals surface area (Å²) in [6.45, 7) is 5.97. The van der Waals surface area contributed by atoms with E-state index in [-0.39, 0.29) is 32.4 Å². The Morgan fingerprint density at radius 2 is 1.79 bits per heavy atom. The lowest BCUT2D eigenvalue weighted by Crippen LogP contribution is -2.55. The number of carbonyl (C=O) groups excluding carboxylic acids is 2. The smallest absolute Gasteiger partial charge is 0.398 e. The van der Waals surface area contributed by atoms with Crippen molar-refractivity contribution in [2.75, 3.05) is 5.73 Å². The van der Waals surface area contributed by atoms with Crippen molar-refractivity contribution in [3.05, 3.63) is 62.6 Å². The number of hydroxylamine groups is 1. The van der Waals surface area contributed by atoms with Gasteiger partial charge in [-0.3, -0.25) is 4.79 Å². The van der Waals surface area contributed by atoms with E-state index in [0.29, 0.717) is 0 Å². The van der Waals surface area contributed by atoms with Gasteiger partial charge in [0, 0.05) is 33.3 Å². The molecule has 1 aliphatic heterocycles. The number of anilines is 1. The third-order valence-corrected chi connectivity index (χ3v) is 6.50. The predicted molar refractivity (Wildman–Crippen MR) is 122 cm³/mol. The largest absolute Gasteiger partial charge is 0.424 e. The van der Waals surface area contributed by atoms with Crippen molar-refractivity contribution < 1.29 is 32.7 Å². The lowest BCUT2D eigenvalue weighted by atomic mass is 9.72. The molecule has 4 N–H and O–H groups in total. The fourth-order valence-electron chi connectivity index (χ4n) is 4.22. The number of benzene rings is 2. The lowest BCUT2D eigenvalue weighted by molar-refractivity contribution is -0.242. The first-order valence-electron chi connectivity index (χ1n) is 10.1. The molecule has 1 atom stereocenters. The molecule has 0 aliphatic carbocycles. The second-order valence-corrected chi connectivity index (χ2v) is 10.3. The minimum absolute atomic E-state index is 0.000567. The van der Waals surface area contributed by atoms with E-state index in [9.17, 15) is 27.9 Å². The van der Waals surface area contributed by atoms with Gasteiger partial charge in [0.2, 0.25) is 11.4 Å². The van der Waals surface area contributed by atoms with Crippen LogP contribution in [0.5, 0.6) is 0 Å². The zero-order valence-corrected chi connectivity index (χ0v) is 20.2. The number of halogens is 5. The lowest BCUT2D eigenvalue weighted by Gasteiger charge is -2.38. The zero-order chi connectivity index (χ0) is 25.9. The molecule has 11 heteroatoms. The Balaban J connectivity index is 2.15. The predicted octanol–water partition coefficient (Wildman–Crippen LogP) is 5.33. The highest BCUT2D eigenvalue weighted by atomic mass is 35.5. The van der Waals surface area contributed by atoms with Gasteiger partial charge in [-0.25, -0.2) is 4.79 Å². The second kappa shape index (κ2) is 8.41. The van der Waals surface area contributed by atoms with Crippen LogP contribution in [0.2, 0.25) is 10.0 Å². The molecule has 0 radical (unpaired) electrons. The summed E-state index contributed by atoms with van der Waals surface area (Å²) in [7, 11) is 0. The van der Waals surface area contributed by atoms with E-state index in [1.165, 1.54) is 32.0 Å². The SMILES string of the molecule is CC(C)(CC(O)(C(=O)c1ccc2c(c1N)C(C)(C)NOC2=O)C(F)(F)F)c1cc(Cl)ccc1Cl. The van der Waals surface area contributed by atoms with Gasteiger partial charge in [-0.15, -0.1) is 5.48 Å². The van der Waals surface area contributed by atoms with Gasteiger partial charge in [-0.2, -0.15) is 13.2 Å². The van der Waals surface area contributed by atoms with Gasteiger partial charge in [0.05, 0.1) is 11.1 Å². The van der Waals surface area contributed by atoms with Crippen molar-refractivity contribution >= 4 is 40.6 Å². The number of ketones is 1. The van der Waals surface area contributed by atoms with E-state index >= 15 is 0 Å². The molecular weight excluding hydrogens is 496 g/mol. The third-order valence-electron chi connectivity index (χ3n) is 5.93.